The molecule has 4 nitrogen and oxygen atoms in total. The number of hydrogen-bond donors (Lipinski definition) is 2. The normalized spacial score (nSPS) is 22.1. The Morgan fingerprint density at radius 3 is 2.48 bits per heavy atom. The molecule has 1 aliphatic carbocycles. The van der Waals surface area contributed by atoms with Gasteiger partial charge in [0, 0.05) is 18.2 Å². The minimum absolute atomic E-state index is 0.0540. The monoisotopic (exact) mass is 302 g/mol. The van der Waals surface area contributed by atoms with E-state index >= 15 is 0 Å². The van der Waals surface area contributed by atoms with E-state index in [1.165, 1.54) is 12.1 Å². The molecule has 1 fully saturated rings. The van der Waals surface area contributed by atoms with Gasteiger partial charge in [-0.1, -0.05) is 6.42 Å². The van der Waals surface area contributed by atoms with E-state index < -0.39 is 6.36 Å². The lowest BCUT2D eigenvalue weighted by Gasteiger charge is -2.15. The third-order valence-corrected chi connectivity index (χ3v) is 3.54. The molecular formula is C14H17F3N2O2. The van der Waals surface area contributed by atoms with Crippen molar-refractivity contribution < 1.29 is 22.7 Å². The van der Waals surface area contributed by atoms with Gasteiger partial charge in [0.25, 0.3) is 0 Å². The second-order valence-electron chi connectivity index (χ2n) is 5.18. The summed E-state index contributed by atoms with van der Waals surface area (Å²) in [5, 5.41) is 2.65. The van der Waals surface area contributed by atoms with Gasteiger partial charge >= 0.3 is 6.36 Å². The highest BCUT2D eigenvalue weighted by Crippen LogP contribution is 2.27. The molecule has 1 saturated carbocycles. The summed E-state index contributed by atoms with van der Waals surface area (Å²) < 4.78 is 39.8. The minimum atomic E-state index is -4.72. The average molecular weight is 302 g/mol. The molecule has 0 radical (unpaired) electrons. The van der Waals surface area contributed by atoms with Crippen LogP contribution < -0.4 is 15.8 Å². The number of nitrogens with two attached hydrogens (primary N) is 1. The van der Waals surface area contributed by atoms with Crippen LogP contribution in [-0.4, -0.2) is 18.3 Å². The van der Waals surface area contributed by atoms with Crippen LogP contribution in [0.25, 0.3) is 0 Å². The second kappa shape index (κ2) is 6.34. The Balaban J connectivity index is 1.86. The van der Waals surface area contributed by atoms with Crippen LogP contribution >= 0.6 is 0 Å². The molecular weight excluding hydrogens is 285 g/mol. The van der Waals surface area contributed by atoms with Gasteiger partial charge in [0.1, 0.15) is 5.75 Å². The molecule has 1 amide bonds. The first-order valence-electron chi connectivity index (χ1n) is 6.75. The van der Waals surface area contributed by atoms with Crippen molar-refractivity contribution in [2.75, 3.05) is 5.32 Å². The molecule has 2 rings (SSSR count). The van der Waals surface area contributed by atoms with Gasteiger partial charge in [0.15, 0.2) is 0 Å². The zero-order valence-electron chi connectivity index (χ0n) is 11.3. The van der Waals surface area contributed by atoms with Crippen molar-refractivity contribution in [3.63, 3.8) is 0 Å². The molecule has 0 spiro atoms. The summed E-state index contributed by atoms with van der Waals surface area (Å²) in [4.78, 5) is 11.8. The Hall–Kier alpha value is -1.76. The lowest BCUT2D eigenvalue weighted by molar-refractivity contribution is -0.274. The quantitative estimate of drug-likeness (QED) is 0.898. The maximum atomic E-state index is 12.0. The molecule has 0 saturated heterocycles. The summed E-state index contributed by atoms with van der Waals surface area (Å²) in [6.07, 6.45) is -1.48. The van der Waals surface area contributed by atoms with Crippen molar-refractivity contribution in [1.29, 1.82) is 0 Å². The van der Waals surface area contributed by atoms with Gasteiger partial charge in [-0.2, -0.15) is 0 Å². The summed E-state index contributed by atoms with van der Waals surface area (Å²) in [6.45, 7) is 0. The average Bonchev–Trinajstić information content (AvgIpc) is 2.76. The molecule has 0 aromatic heterocycles. The highest BCUT2D eigenvalue weighted by atomic mass is 19.4. The second-order valence-corrected chi connectivity index (χ2v) is 5.18. The van der Waals surface area contributed by atoms with Gasteiger partial charge in [-0.3, -0.25) is 4.79 Å². The van der Waals surface area contributed by atoms with Gasteiger partial charge in [0.2, 0.25) is 5.91 Å². The molecule has 0 unspecified atom stereocenters. The number of halogens is 3. The van der Waals surface area contributed by atoms with E-state index in [9.17, 15) is 18.0 Å². The molecule has 0 bridgehead atoms. The standard InChI is InChI=1S/C14H17F3N2O2/c15-14(16,17)21-11-6-4-10(5-7-11)19-13(20)8-9-2-1-3-12(9)18/h4-7,9,12H,1-3,8,18H2,(H,19,20)/t9-,12+/m0/s1. The van der Waals surface area contributed by atoms with Crippen molar-refractivity contribution in [2.45, 2.75) is 38.1 Å². The molecule has 1 aromatic carbocycles. The fourth-order valence-electron chi connectivity index (χ4n) is 2.51. The molecule has 1 aliphatic rings. The van der Waals surface area contributed by atoms with Gasteiger partial charge in [-0.05, 0) is 43.0 Å². The highest BCUT2D eigenvalue weighted by molar-refractivity contribution is 5.90. The van der Waals surface area contributed by atoms with Crippen LogP contribution in [-0.2, 0) is 4.79 Å². The van der Waals surface area contributed by atoms with Gasteiger partial charge < -0.3 is 15.8 Å². The van der Waals surface area contributed by atoms with Crippen molar-refractivity contribution in [2.24, 2.45) is 11.7 Å². The molecule has 1 aromatic rings. The highest BCUT2D eigenvalue weighted by Gasteiger charge is 2.31. The molecule has 0 aliphatic heterocycles. The zero-order valence-corrected chi connectivity index (χ0v) is 11.3. The van der Waals surface area contributed by atoms with Crippen LogP contribution in [0.2, 0.25) is 0 Å². The van der Waals surface area contributed by atoms with E-state index in [4.69, 9.17) is 5.73 Å². The summed E-state index contributed by atoms with van der Waals surface area (Å²) in [5.74, 6) is -0.321. The predicted octanol–water partition coefficient (Wildman–Crippen LogP) is 3.04. The fourth-order valence-corrected chi connectivity index (χ4v) is 2.51. The number of hydrogen-bond acceptors (Lipinski definition) is 3. The van der Waals surface area contributed by atoms with Crippen LogP contribution in [0.5, 0.6) is 5.75 Å². The Labute approximate surface area is 120 Å². The van der Waals surface area contributed by atoms with Crippen LogP contribution in [0, 0.1) is 5.92 Å². The Bertz CT molecular complexity index is 488. The lowest BCUT2D eigenvalue weighted by atomic mass is 10.00. The summed E-state index contributed by atoms with van der Waals surface area (Å²) >= 11 is 0. The van der Waals surface area contributed by atoms with E-state index in [2.05, 4.69) is 10.1 Å². The number of nitrogens with one attached hydrogen (secondary N) is 1. The number of anilines is 1. The van der Waals surface area contributed by atoms with Crippen LogP contribution in [0.3, 0.4) is 0 Å². The van der Waals surface area contributed by atoms with Crippen LogP contribution in [0.15, 0.2) is 24.3 Å². The topological polar surface area (TPSA) is 64.4 Å². The van der Waals surface area contributed by atoms with Crippen molar-refractivity contribution >= 4 is 11.6 Å². The van der Waals surface area contributed by atoms with E-state index in [0.29, 0.717) is 12.1 Å². The molecule has 3 N–H and O–H groups in total. The third kappa shape index (κ3) is 4.93. The predicted molar refractivity (Wildman–Crippen MR) is 71.7 cm³/mol. The van der Waals surface area contributed by atoms with Gasteiger partial charge in [-0.25, -0.2) is 0 Å². The number of alkyl halides is 3. The molecule has 116 valence electrons. The maximum absolute atomic E-state index is 12.0. The Morgan fingerprint density at radius 1 is 1.29 bits per heavy atom. The van der Waals surface area contributed by atoms with Crippen LogP contribution in [0.1, 0.15) is 25.7 Å². The number of carbonyl (C=O) groups is 1. The van der Waals surface area contributed by atoms with Gasteiger partial charge in [0.05, 0.1) is 0 Å². The Kier molecular flexibility index (Phi) is 4.72. The third-order valence-electron chi connectivity index (χ3n) is 3.54. The minimum Gasteiger partial charge on any atom is -0.406 e. The summed E-state index contributed by atoms with van der Waals surface area (Å²) in [5.41, 5.74) is 6.33. The molecule has 7 heteroatoms. The fraction of sp³-hybridized carbons (Fsp3) is 0.500. The lowest BCUT2D eigenvalue weighted by Crippen LogP contribution is -2.28. The zero-order chi connectivity index (χ0) is 15.5. The largest absolute Gasteiger partial charge is 0.573 e. The number of carbonyl (C=O) groups excluding carboxylic acids is 1. The van der Waals surface area contributed by atoms with E-state index in [1.54, 1.807) is 0 Å². The van der Waals surface area contributed by atoms with Crippen molar-refractivity contribution in [3.8, 4) is 5.75 Å². The van der Waals surface area contributed by atoms with Crippen molar-refractivity contribution in [1.82, 2.24) is 0 Å². The maximum Gasteiger partial charge on any atom is 0.573 e. The molecule has 21 heavy (non-hydrogen) atoms. The first-order chi connectivity index (χ1) is 9.83. The Morgan fingerprint density at radius 2 is 1.95 bits per heavy atom. The molecule has 2 atom stereocenters. The summed E-state index contributed by atoms with van der Waals surface area (Å²) in [6, 6.07) is 5.11. The molecule has 0 heterocycles. The van der Waals surface area contributed by atoms with E-state index in [-0.39, 0.29) is 23.6 Å². The summed E-state index contributed by atoms with van der Waals surface area (Å²) in [7, 11) is 0. The van der Waals surface area contributed by atoms with Crippen LogP contribution in [0.4, 0.5) is 18.9 Å². The first kappa shape index (κ1) is 15.6. The number of rotatable bonds is 4. The SMILES string of the molecule is N[C@@H]1CCC[C@H]1CC(=O)Nc1ccc(OC(F)(F)F)cc1. The first-order valence-corrected chi connectivity index (χ1v) is 6.75. The van der Waals surface area contributed by atoms with E-state index in [1.807, 2.05) is 0 Å². The number of benzene rings is 1. The van der Waals surface area contributed by atoms with Gasteiger partial charge in [-0.15, -0.1) is 13.2 Å². The van der Waals surface area contributed by atoms with Crippen molar-refractivity contribution in [3.05, 3.63) is 24.3 Å². The smallest absolute Gasteiger partial charge is 0.406 e. The number of ether oxygens (including phenoxy) is 1. The van der Waals surface area contributed by atoms with E-state index in [0.717, 1.165) is 31.4 Å². The number of amides is 1.